The lowest BCUT2D eigenvalue weighted by Crippen LogP contribution is -2.42. The normalized spacial score (nSPS) is 23.3. The van der Waals surface area contributed by atoms with Crippen LogP contribution in [-0.4, -0.2) is 45.4 Å². The van der Waals surface area contributed by atoms with Crippen molar-refractivity contribution < 1.29 is 24.1 Å². The van der Waals surface area contributed by atoms with Crippen molar-refractivity contribution >= 4 is 5.69 Å². The maximum atomic E-state index is 9.69. The number of nitrogens with two attached hydrogens (primary N) is 1. The number of methoxy groups -OCH3 is 4. The molecule has 0 saturated carbocycles. The molecule has 0 aromatic heterocycles. The summed E-state index contributed by atoms with van der Waals surface area (Å²) in [5.41, 5.74) is 5.48. The van der Waals surface area contributed by atoms with Gasteiger partial charge in [-0.25, -0.2) is 0 Å². The highest BCUT2D eigenvalue weighted by atomic mass is 16.5. The molecule has 8 heteroatoms. The fourth-order valence-electron chi connectivity index (χ4n) is 2.32. The van der Waals surface area contributed by atoms with Crippen LogP contribution in [0.15, 0.2) is 46.3 Å². The molecule has 0 bridgehead atoms. The van der Waals surface area contributed by atoms with Crippen LogP contribution in [0.3, 0.4) is 0 Å². The SMILES string of the molecule is COc1cc(O)cc(OC)c1N=NC1(OC)C=CC(N)=CC1OC. The molecule has 2 rings (SSSR count). The minimum absolute atomic E-state index is 0.00728. The minimum atomic E-state index is -1.18. The summed E-state index contributed by atoms with van der Waals surface area (Å²) in [5, 5.41) is 18.2. The summed E-state index contributed by atoms with van der Waals surface area (Å²) in [6, 6.07) is 2.83. The van der Waals surface area contributed by atoms with E-state index in [4.69, 9.17) is 24.7 Å². The molecule has 3 N–H and O–H groups in total. The zero-order chi connectivity index (χ0) is 17.7. The molecule has 1 aromatic rings. The van der Waals surface area contributed by atoms with E-state index in [1.165, 1.54) is 40.6 Å². The van der Waals surface area contributed by atoms with Crippen LogP contribution >= 0.6 is 0 Å². The Morgan fingerprint density at radius 3 is 2.25 bits per heavy atom. The lowest BCUT2D eigenvalue weighted by Gasteiger charge is -2.32. The monoisotopic (exact) mass is 335 g/mol. The summed E-state index contributed by atoms with van der Waals surface area (Å²) < 4.78 is 21.4. The van der Waals surface area contributed by atoms with Gasteiger partial charge in [-0.3, -0.25) is 0 Å². The van der Waals surface area contributed by atoms with Crippen molar-refractivity contribution in [3.63, 3.8) is 0 Å². The van der Waals surface area contributed by atoms with Crippen LogP contribution in [-0.2, 0) is 9.47 Å². The molecule has 1 aliphatic carbocycles. The smallest absolute Gasteiger partial charge is 0.228 e. The van der Waals surface area contributed by atoms with Gasteiger partial charge < -0.3 is 29.8 Å². The largest absolute Gasteiger partial charge is 0.508 e. The molecule has 1 aromatic carbocycles. The standard InChI is InChI=1S/C16H21N3O5/c1-21-12-8-11(20)9-13(22-2)15(12)18-19-16(24-4)6-5-10(17)7-14(16)23-3/h5-9,14,20H,17H2,1-4H3. The van der Waals surface area contributed by atoms with Gasteiger partial charge in [0, 0.05) is 32.0 Å². The van der Waals surface area contributed by atoms with Crippen LogP contribution in [0.25, 0.3) is 0 Å². The highest BCUT2D eigenvalue weighted by Crippen LogP contribution is 2.42. The number of hydrogen-bond acceptors (Lipinski definition) is 8. The topological polar surface area (TPSA) is 108 Å². The highest BCUT2D eigenvalue weighted by molar-refractivity contribution is 5.64. The molecule has 24 heavy (non-hydrogen) atoms. The maximum Gasteiger partial charge on any atom is 0.228 e. The van der Waals surface area contributed by atoms with E-state index in [1.807, 2.05) is 0 Å². The third-order valence-electron chi connectivity index (χ3n) is 3.62. The van der Waals surface area contributed by atoms with Crippen LogP contribution in [0.5, 0.6) is 17.2 Å². The summed E-state index contributed by atoms with van der Waals surface area (Å²) in [6.45, 7) is 0. The fourth-order valence-corrected chi connectivity index (χ4v) is 2.32. The molecule has 2 unspecified atom stereocenters. The van der Waals surface area contributed by atoms with Crippen molar-refractivity contribution in [2.45, 2.75) is 11.8 Å². The fraction of sp³-hybridized carbons (Fsp3) is 0.375. The Morgan fingerprint density at radius 1 is 1.12 bits per heavy atom. The van der Waals surface area contributed by atoms with Crippen molar-refractivity contribution in [3.05, 3.63) is 36.1 Å². The molecule has 0 spiro atoms. The van der Waals surface area contributed by atoms with E-state index >= 15 is 0 Å². The first-order valence-electron chi connectivity index (χ1n) is 7.12. The summed E-state index contributed by atoms with van der Waals surface area (Å²) in [5.74, 6) is 0.614. The molecule has 2 atom stereocenters. The van der Waals surface area contributed by atoms with Gasteiger partial charge in [-0.15, -0.1) is 10.2 Å². The van der Waals surface area contributed by atoms with Crippen molar-refractivity contribution in [1.29, 1.82) is 0 Å². The molecule has 0 aliphatic heterocycles. The molecule has 130 valence electrons. The zero-order valence-corrected chi connectivity index (χ0v) is 14.0. The number of nitrogens with zero attached hydrogens (tertiary/aromatic N) is 2. The summed E-state index contributed by atoms with van der Waals surface area (Å²) >= 11 is 0. The van der Waals surface area contributed by atoms with E-state index in [2.05, 4.69) is 10.2 Å². The van der Waals surface area contributed by atoms with Gasteiger partial charge in [-0.2, -0.15) is 0 Å². The van der Waals surface area contributed by atoms with E-state index in [-0.39, 0.29) is 5.75 Å². The number of aromatic hydroxyl groups is 1. The Morgan fingerprint density at radius 2 is 1.75 bits per heavy atom. The van der Waals surface area contributed by atoms with Gasteiger partial charge in [0.05, 0.1) is 14.2 Å². The van der Waals surface area contributed by atoms with Gasteiger partial charge in [0.15, 0.2) is 17.2 Å². The summed E-state index contributed by atoms with van der Waals surface area (Å²) in [7, 11) is 5.94. The minimum Gasteiger partial charge on any atom is -0.508 e. The van der Waals surface area contributed by atoms with Gasteiger partial charge in [0.25, 0.3) is 0 Å². The van der Waals surface area contributed by atoms with Gasteiger partial charge >= 0.3 is 0 Å². The van der Waals surface area contributed by atoms with Gasteiger partial charge in [-0.05, 0) is 18.2 Å². The number of hydrogen-bond donors (Lipinski definition) is 2. The van der Waals surface area contributed by atoms with E-state index < -0.39 is 11.8 Å². The van der Waals surface area contributed by atoms with Crippen LogP contribution < -0.4 is 15.2 Å². The molecule has 1 aliphatic rings. The molecule has 8 nitrogen and oxygen atoms in total. The molecular formula is C16H21N3O5. The Balaban J connectivity index is 2.47. The van der Waals surface area contributed by atoms with Crippen LogP contribution in [0.4, 0.5) is 5.69 Å². The third kappa shape index (κ3) is 3.34. The highest BCUT2D eigenvalue weighted by Gasteiger charge is 2.38. The average molecular weight is 335 g/mol. The predicted molar refractivity (Wildman–Crippen MR) is 87.7 cm³/mol. The van der Waals surface area contributed by atoms with Crippen molar-refractivity contribution in [2.75, 3.05) is 28.4 Å². The Kier molecular flexibility index (Phi) is 5.42. The number of allylic oxidation sites excluding steroid dienone is 1. The first-order chi connectivity index (χ1) is 11.5. The van der Waals surface area contributed by atoms with Crippen LogP contribution in [0, 0.1) is 0 Å². The Labute approximate surface area is 140 Å². The lowest BCUT2D eigenvalue weighted by molar-refractivity contribution is -0.0650. The zero-order valence-electron chi connectivity index (χ0n) is 14.0. The second-order valence-electron chi connectivity index (χ2n) is 5.01. The first kappa shape index (κ1) is 17.8. The van der Waals surface area contributed by atoms with Crippen molar-refractivity contribution in [2.24, 2.45) is 16.0 Å². The Hall–Kier alpha value is -2.58. The van der Waals surface area contributed by atoms with Crippen LogP contribution in [0.1, 0.15) is 0 Å². The van der Waals surface area contributed by atoms with E-state index in [9.17, 15) is 5.11 Å². The molecule has 0 saturated heterocycles. The third-order valence-corrected chi connectivity index (χ3v) is 3.62. The van der Waals surface area contributed by atoms with Gasteiger partial charge in [0.1, 0.15) is 11.9 Å². The summed E-state index contributed by atoms with van der Waals surface area (Å²) in [4.78, 5) is 0. The van der Waals surface area contributed by atoms with Crippen molar-refractivity contribution in [1.82, 2.24) is 0 Å². The van der Waals surface area contributed by atoms with E-state index in [0.717, 1.165) is 0 Å². The number of phenolic OH excluding ortho intramolecular Hbond substituents is 1. The summed E-state index contributed by atoms with van der Waals surface area (Å²) in [6.07, 6.45) is 4.47. The lowest BCUT2D eigenvalue weighted by atomic mass is 10.0. The number of azo groups is 1. The molecular weight excluding hydrogens is 314 g/mol. The van der Waals surface area contributed by atoms with Gasteiger partial charge in [0.2, 0.25) is 5.72 Å². The van der Waals surface area contributed by atoms with E-state index in [1.54, 1.807) is 18.2 Å². The average Bonchev–Trinajstić information content (AvgIpc) is 2.60. The van der Waals surface area contributed by atoms with Crippen LogP contribution in [0.2, 0.25) is 0 Å². The molecule has 0 amide bonds. The quantitative estimate of drug-likeness (QED) is 0.772. The van der Waals surface area contributed by atoms with Crippen molar-refractivity contribution in [3.8, 4) is 17.2 Å². The molecule has 0 fully saturated rings. The molecule has 0 radical (unpaired) electrons. The number of rotatable bonds is 6. The van der Waals surface area contributed by atoms with E-state index in [0.29, 0.717) is 22.9 Å². The second-order valence-corrected chi connectivity index (χ2v) is 5.01. The second kappa shape index (κ2) is 7.33. The number of ether oxygens (including phenoxy) is 4. The van der Waals surface area contributed by atoms with Gasteiger partial charge in [-0.1, -0.05) is 0 Å². The molecule has 0 heterocycles. The number of benzene rings is 1. The maximum absolute atomic E-state index is 9.69. The predicted octanol–water partition coefficient (Wildman–Crippen LogP) is 2.26. The first-order valence-corrected chi connectivity index (χ1v) is 7.12. The number of phenols is 1. The Bertz CT molecular complexity index is 661.